The number of nitrogens with zero attached hydrogens (tertiary/aromatic N) is 4. The normalized spacial score (nSPS) is 12.1. The minimum Gasteiger partial charge on any atom is -0.386 e. The van der Waals surface area contributed by atoms with Gasteiger partial charge >= 0.3 is 0 Å². The van der Waals surface area contributed by atoms with Crippen molar-refractivity contribution >= 4 is 28.8 Å². The Morgan fingerprint density at radius 2 is 2.30 bits per heavy atom. The van der Waals surface area contributed by atoms with Gasteiger partial charge in [-0.25, -0.2) is 14.6 Å². The summed E-state index contributed by atoms with van der Waals surface area (Å²) < 4.78 is 2.05. The lowest BCUT2D eigenvalue weighted by atomic mass is 10.2. The Balaban J connectivity index is 1.65. The summed E-state index contributed by atoms with van der Waals surface area (Å²) in [5, 5.41) is 16.7. The first-order chi connectivity index (χ1) is 11.1. The lowest BCUT2D eigenvalue weighted by molar-refractivity contribution is 0.0918. The lowest BCUT2D eigenvalue weighted by Gasteiger charge is -2.10. The van der Waals surface area contributed by atoms with Crippen LogP contribution in [0.3, 0.4) is 0 Å². The Kier molecular flexibility index (Phi) is 4.65. The Bertz CT molecular complexity index is 805. The van der Waals surface area contributed by atoms with Gasteiger partial charge in [0, 0.05) is 23.2 Å². The molecule has 2 N–H and O–H groups in total. The maximum absolute atomic E-state index is 12.2. The second-order valence-electron chi connectivity index (χ2n) is 4.61. The predicted octanol–water partition coefficient (Wildman–Crippen LogP) is 1.84. The van der Waals surface area contributed by atoms with E-state index in [1.807, 2.05) is 0 Å². The van der Waals surface area contributed by atoms with Crippen LogP contribution < -0.4 is 5.32 Å². The van der Waals surface area contributed by atoms with Gasteiger partial charge in [0.2, 0.25) is 0 Å². The Morgan fingerprint density at radius 3 is 3.00 bits per heavy atom. The van der Waals surface area contributed by atoms with Crippen molar-refractivity contribution < 1.29 is 9.90 Å². The predicted molar refractivity (Wildman–Crippen MR) is 85.8 cm³/mol. The molecule has 0 aliphatic heterocycles. The SMILES string of the molecule is O=C(NC[C@@H](O)c1ccc(Cl)s1)c1ccnc(-n2cncn2)c1. The van der Waals surface area contributed by atoms with E-state index in [4.69, 9.17) is 11.6 Å². The largest absolute Gasteiger partial charge is 0.386 e. The molecule has 7 nitrogen and oxygen atoms in total. The molecule has 0 saturated heterocycles. The highest BCUT2D eigenvalue weighted by Gasteiger charge is 2.13. The zero-order valence-corrected chi connectivity index (χ0v) is 13.3. The van der Waals surface area contributed by atoms with Gasteiger partial charge in [0.05, 0.1) is 4.34 Å². The summed E-state index contributed by atoms with van der Waals surface area (Å²) in [6.07, 6.45) is 3.60. The molecule has 3 heterocycles. The first kappa shape index (κ1) is 15.6. The monoisotopic (exact) mass is 349 g/mol. The molecular weight excluding hydrogens is 338 g/mol. The van der Waals surface area contributed by atoms with Gasteiger partial charge in [0.25, 0.3) is 5.91 Å². The molecule has 9 heteroatoms. The number of carbonyl (C=O) groups excluding carboxylic acids is 1. The summed E-state index contributed by atoms with van der Waals surface area (Å²) >= 11 is 7.11. The van der Waals surface area contributed by atoms with Crippen LogP contribution in [0.2, 0.25) is 4.34 Å². The number of rotatable bonds is 5. The molecule has 3 aromatic heterocycles. The fourth-order valence-corrected chi connectivity index (χ4v) is 2.96. The van der Waals surface area contributed by atoms with Crippen molar-refractivity contribution in [3.63, 3.8) is 0 Å². The molecule has 3 aromatic rings. The number of aliphatic hydroxyl groups is 1. The van der Waals surface area contributed by atoms with E-state index >= 15 is 0 Å². The van der Waals surface area contributed by atoms with Gasteiger partial charge in [-0.3, -0.25) is 4.79 Å². The number of nitrogens with one attached hydrogen (secondary N) is 1. The topological polar surface area (TPSA) is 92.9 Å². The average molecular weight is 350 g/mol. The van der Waals surface area contributed by atoms with Crippen LogP contribution in [-0.4, -0.2) is 37.3 Å². The van der Waals surface area contributed by atoms with Crippen LogP contribution in [0.4, 0.5) is 0 Å². The fourth-order valence-electron chi connectivity index (χ4n) is 1.91. The quantitative estimate of drug-likeness (QED) is 0.733. The molecule has 0 unspecified atom stereocenters. The summed E-state index contributed by atoms with van der Waals surface area (Å²) in [5.74, 6) is 0.177. The maximum atomic E-state index is 12.2. The lowest BCUT2D eigenvalue weighted by Crippen LogP contribution is -2.28. The van der Waals surface area contributed by atoms with Crippen LogP contribution in [0.5, 0.6) is 0 Å². The first-order valence-corrected chi connectivity index (χ1v) is 7.85. The smallest absolute Gasteiger partial charge is 0.251 e. The zero-order chi connectivity index (χ0) is 16.2. The highest BCUT2D eigenvalue weighted by atomic mass is 35.5. The fraction of sp³-hybridized carbons (Fsp3) is 0.143. The summed E-state index contributed by atoms with van der Waals surface area (Å²) in [6, 6.07) is 6.63. The standard InChI is InChI=1S/C14H12ClN5O2S/c15-12-2-1-11(23-12)10(21)6-18-14(22)9-3-4-17-13(5-9)20-8-16-7-19-20/h1-5,7-8,10,21H,6H2,(H,18,22)/t10-/m1/s1. The third kappa shape index (κ3) is 3.73. The highest BCUT2D eigenvalue weighted by Crippen LogP contribution is 2.26. The summed E-state index contributed by atoms with van der Waals surface area (Å²) in [6.45, 7) is 0.0939. The number of carbonyl (C=O) groups is 1. The van der Waals surface area contributed by atoms with Crippen LogP contribution in [-0.2, 0) is 0 Å². The number of pyridine rings is 1. The molecule has 0 fully saturated rings. The molecular formula is C14H12ClN5O2S. The number of aromatic nitrogens is 4. The van der Waals surface area contributed by atoms with E-state index in [0.29, 0.717) is 20.6 Å². The molecule has 1 amide bonds. The van der Waals surface area contributed by atoms with Gasteiger partial charge in [-0.2, -0.15) is 5.10 Å². The average Bonchev–Trinajstić information content (AvgIpc) is 3.24. The van der Waals surface area contributed by atoms with Crippen LogP contribution in [0.15, 0.2) is 43.1 Å². The van der Waals surface area contributed by atoms with Crippen molar-refractivity contribution in [3.8, 4) is 5.82 Å². The molecule has 23 heavy (non-hydrogen) atoms. The van der Waals surface area contributed by atoms with Crippen LogP contribution in [0, 0.1) is 0 Å². The molecule has 0 aliphatic carbocycles. The van der Waals surface area contributed by atoms with Crippen molar-refractivity contribution in [2.75, 3.05) is 6.54 Å². The number of halogens is 1. The number of amides is 1. The summed E-state index contributed by atoms with van der Waals surface area (Å²) in [5.41, 5.74) is 0.418. The van der Waals surface area contributed by atoms with E-state index in [2.05, 4.69) is 20.4 Å². The Labute approximate surface area is 140 Å². The second-order valence-corrected chi connectivity index (χ2v) is 6.36. The molecule has 118 valence electrons. The number of hydrogen-bond donors (Lipinski definition) is 2. The molecule has 0 saturated carbocycles. The van der Waals surface area contributed by atoms with Gasteiger partial charge in [-0.05, 0) is 24.3 Å². The third-order valence-electron chi connectivity index (χ3n) is 3.04. The van der Waals surface area contributed by atoms with Gasteiger partial charge in [0.15, 0.2) is 5.82 Å². The van der Waals surface area contributed by atoms with Crippen LogP contribution in [0.25, 0.3) is 5.82 Å². The van der Waals surface area contributed by atoms with Crippen LogP contribution in [0.1, 0.15) is 21.3 Å². The maximum Gasteiger partial charge on any atom is 0.251 e. The molecule has 0 spiro atoms. The first-order valence-electron chi connectivity index (χ1n) is 6.66. The van der Waals surface area contributed by atoms with Gasteiger partial charge in [0.1, 0.15) is 18.8 Å². The van der Waals surface area contributed by atoms with Gasteiger partial charge in [-0.15, -0.1) is 11.3 Å². The molecule has 0 radical (unpaired) electrons. The molecule has 1 atom stereocenters. The van der Waals surface area contributed by atoms with E-state index in [9.17, 15) is 9.90 Å². The van der Waals surface area contributed by atoms with Crippen molar-refractivity contribution in [2.24, 2.45) is 0 Å². The van der Waals surface area contributed by atoms with Crippen molar-refractivity contribution in [2.45, 2.75) is 6.10 Å². The number of thiophene rings is 1. The minimum absolute atomic E-state index is 0.0939. The third-order valence-corrected chi connectivity index (χ3v) is 4.37. The van der Waals surface area contributed by atoms with Crippen molar-refractivity contribution in [1.82, 2.24) is 25.1 Å². The summed E-state index contributed by atoms with van der Waals surface area (Å²) in [4.78, 5) is 20.9. The van der Waals surface area contributed by atoms with E-state index in [1.54, 1.807) is 24.3 Å². The molecule has 0 aromatic carbocycles. The number of hydrogen-bond acceptors (Lipinski definition) is 6. The highest BCUT2D eigenvalue weighted by molar-refractivity contribution is 7.16. The molecule has 0 aliphatic rings. The van der Waals surface area contributed by atoms with E-state index in [1.165, 1.54) is 34.9 Å². The van der Waals surface area contributed by atoms with Crippen molar-refractivity contribution in [1.29, 1.82) is 0 Å². The van der Waals surface area contributed by atoms with E-state index in [0.717, 1.165) is 0 Å². The van der Waals surface area contributed by atoms with Gasteiger partial charge in [-0.1, -0.05) is 11.6 Å². The summed E-state index contributed by atoms with van der Waals surface area (Å²) in [7, 11) is 0. The minimum atomic E-state index is -0.798. The second kappa shape index (κ2) is 6.86. The molecule has 0 bridgehead atoms. The Morgan fingerprint density at radius 1 is 1.43 bits per heavy atom. The number of aliphatic hydroxyl groups excluding tert-OH is 1. The Hall–Kier alpha value is -2.29. The van der Waals surface area contributed by atoms with Crippen molar-refractivity contribution in [3.05, 3.63) is 57.9 Å². The van der Waals surface area contributed by atoms with Gasteiger partial charge < -0.3 is 10.4 Å². The van der Waals surface area contributed by atoms with E-state index in [-0.39, 0.29) is 12.5 Å². The van der Waals surface area contributed by atoms with Crippen LogP contribution >= 0.6 is 22.9 Å². The molecule has 3 rings (SSSR count). The van der Waals surface area contributed by atoms with E-state index < -0.39 is 6.10 Å². The zero-order valence-electron chi connectivity index (χ0n) is 11.8.